The molecule has 1 rings (SSSR count). The Balaban J connectivity index is 2.35. The number of unbranched alkanes of at least 4 members (excludes halogenated alkanes) is 1. The molecular weight excluding hydrogens is 279 g/mol. The van der Waals surface area contributed by atoms with E-state index >= 15 is 0 Å². The Labute approximate surface area is 110 Å². The van der Waals surface area contributed by atoms with Gasteiger partial charge in [0.25, 0.3) is 0 Å². The molecule has 0 bridgehead atoms. The van der Waals surface area contributed by atoms with Crippen LogP contribution in [-0.4, -0.2) is 27.4 Å². The summed E-state index contributed by atoms with van der Waals surface area (Å²) in [5, 5.41) is 2.95. The maximum atomic E-state index is 11.9. The van der Waals surface area contributed by atoms with Crippen molar-refractivity contribution in [1.82, 2.24) is 0 Å². The number of hydrogen-bond donors (Lipinski definition) is 1. The molecule has 0 spiro atoms. The van der Waals surface area contributed by atoms with Crippen LogP contribution >= 0.6 is 0 Å². The number of rotatable bonds is 6. The van der Waals surface area contributed by atoms with Crippen molar-refractivity contribution in [2.45, 2.75) is 30.3 Å². The Morgan fingerprint density at radius 2 is 1.68 bits per heavy atom. The summed E-state index contributed by atoms with van der Waals surface area (Å²) in [7, 11) is -3.22. The minimum atomic E-state index is -4.10. The monoisotopic (exact) mass is 295 g/mol. The Kier molecular flexibility index (Phi) is 5.22. The molecule has 0 radical (unpaired) electrons. The number of alkyl halides is 3. The minimum Gasteiger partial charge on any atom is -0.385 e. The first-order valence-electron chi connectivity index (χ1n) is 5.79. The van der Waals surface area contributed by atoms with Crippen LogP contribution in [-0.2, 0) is 9.84 Å². The van der Waals surface area contributed by atoms with Crippen molar-refractivity contribution in [2.24, 2.45) is 0 Å². The largest absolute Gasteiger partial charge is 0.389 e. The average Bonchev–Trinajstić information content (AvgIpc) is 2.26. The van der Waals surface area contributed by atoms with Crippen molar-refractivity contribution in [2.75, 3.05) is 18.1 Å². The van der Waals surface area contributed by atoms with E-state index in [0.717, 1.165) is 6.26 Å². The second kappa shape index (κ2) is 6.27. The third-order valence-electron chi connectivity index (χ3n) is 2.50. The van der Waals surface area contributed by atoms with Crippen molar-refractivity contribution < 1.29 is 21.6 Å². The molecule has 1 aromatic rings. The SMILES string of the molecule is CS(=O)(=O)c1ccc(NCCCCC(F)(F)F)cc1. The van der Waals surface area contributed by atoms with Crippen molar-refractivity contribution in [3.8, 4) is 0 Å². The highest BCUT2D eigenvalue weighted by atomic mass is 32.2. The highest BCUT2D eigenvalue weighted by molar-refractivity contribution is 7.90. The van der Waals surface area contributed by atoms with Crippen LogP contribution in [0, 0.1) is 0 Å². The van der Waals surface area contributed by atoms with Gasteiger partial charge in [0.1, 0.15) is 0 Å². The maximum absolute atomic E-state index is 11.9. The summed E-state index contributed by atoms with van der Waals surface area (Å²) in [6.07, 6.45) is -3.27. The Bertz CT molecular complexity index is 495. The lowest BCUT2D eigenvalue weighted by Gasteiger charge is -2.08. The summed E-state index contributed by atoms with van der Waals surface area (Å²) in [5.74, 6) is 0. The van der Waals surface area contributed by atoms with Gasteiger partial charge in [-0.05, 0) is 37.1 Å². The molecule has 0 aliphatic carbocycles. The molecule has 108 valence electrons. The Morgan fingerprint density at radius 1 is 1.11 bits per heavy atom. The summed E-state index contributed by atoms with van der Waals surface area (Å²) >= 11 is 0. The summed E-state index contributed by atoms with van der Waals surface area (Å²) in [6, 6.07) is 6.13. The van der Waals surface area contributed by atoms with E-state index in [-0.39, 0.29) is 11.3 Å². The number of halogens is 3. The lowest BCUT2D eigenvalue weighted by molar-refractivity contribution is -0.135. The fraction of sp³-hybridized carbons (Fsp3) is 0.500. The lowest BCUT2D eigenvalue weighted by Crippen LogP contribution is -2.08. The van der Waals surface area contributed by atoms with Crippen LogP contribution in [0.2, 0.25) is 0 Å². The molecule has 19 heavy (non-hydrogen) atoms. The lowest BCUT2D eigenvalue weighted by atomic mass is 10.2. The molecule has 0 amide bonds. The van der Waals surface area contributed by atoms with Gasteiger partial charge in [-0.3, -0.25) is 0 Å². The zero-order valence-corrected chi connectivity index (χ0v) is 11.3. The maximum Gasteiger partial charge on any atom is 0.389 e. The minimum absolute atomic E-state index is 0.0813. The molecular formula is C12H16F3NO2S. The van der Waals surface area contributed by atoms with Gasteiger partial charge < -0.3 is 5.32 Å². The molecule has 0 saturated heterocycles. The molecule has 0 fully saturated rings. The van der Waals surface area contributed by atoms with Gasteiger partial charge in [0.05, 0.1) is 4.90 Å². The van der Waals surface area contributed by atoms with E-state index in [1.165, 1.54) is 12.1 Å². The van der Waals surface area contributed by atoms with Crippen LogP contribution in [0.5, 0.6) is 0 Å². The molecule has 0 aliphatic rings. The molecule has 3 nitrogen and oxygen atoms in total. The first-order valence-corrected chi connectivity index (χ1v) is 7.68. The quantitative estimate of drug-likeness (QED) is 0.820. The van der Waals surface area contributed by atoms with E-state index in [0.29, 0.717) is 18.7 Å². The molecule has 0 saturated carbocycles. The molecule has 0 heterocycles. The zero-order valence-electron chi connectivity index (χ0n) is 10.5. The van der Waals surface area contributed by atoms with E-state index in [4.69, 9.17) is 0 Å². The highest BCUT2D eigenvalue weighted by Crippen LogP contribution is 2.22. The topological polar surface area (TPSA) is 46.2 Å². The van der Waals surface area contributed by atoms with E-state index in [1.807, 2.05) is 0 Å². The normalized spacial score (nSPS) is 12.4. The van der Waals surface area contributed by atoms with Gasteiger partial charge in [0, 0.05) is 24.9 Å². The Morgan fingerprint density at radius 3 is 2.16 bits per heavy atom. The Hall–Kier alpha value is -1.24. The third kappa shape index (κ3) is 6.47. The second-order valence-corrected chi connectivity index (χ2v) is 6.31. The van der Waals surface area contributed by atoms with Crippen molar-refractivity contribution in [3.05, 3.63) is 24.3 Å². The van der Waals surface area contributed by atoms with Crippen LogP contribution in [0.4, 0.5) is 18.9 Å². The van der Waals surface area contributed by atoms with Gasteiger partial charge in [-0.1, -0.05) is 0 Å². The predicted octanol–water partition coefficient (Wildman–Crippen LogP) is 3.23. The summed E-state index contributed by atoms with van der Waals surface area (Å²) in [6.45, 7) is 0.425. The van der Waals surface area contributed by atoms with Gasteiger partial charge in [-0.15, -0.1) is 0 Å². The standard InChI is InChI=1S/C12H16F3NO2S/c1-19(17,18)11-6-4-10(5-7-11)16-9-3-2-8-12(13,14)15/h4-7,16H,2-3,8-9H2,1H3. The van der Waals surface area contributed by atoms with Gasteiger partial charge in [-0.2, -0.15) is 13.2 Å². The number of nitrogens with one attached hydrogen (secondary N) is 1. The zero-order chi connectivity index (χ0) is 14.5. The number of hydrogen-bond acceptors (Lipinski definition) is 3. The predicted molar refractivity (Wildman–Crippen MR) is 67.9 cm³/mol. The molecule has 1 aromatic carbocycles. The number of benzene rings is 1. The number of anilines is 1. The van der Waals surface area contributed by atoms with E-state index in [2.05, 4.69) is 5.32 Å². The van der Waals surface area contributed by atoms with Gasteiger partial charge in [0.15, 0.2) is 9.84 Å². The molecule has 7 heteroatoms. The van der Waals surface area contributed by atoms with Gasteiger partial charge in [-0.25, -0.2) is 8.42 Å². The first-order chi connectivity index (χ1) is 8.68. The van der Waals surface area contributed by atoms with E-state index in [1.54, 1.807) is 12.1 Å². The fourth-order valence-corrected chi connectivity index (χ4v) is 2.13. The average molecular weight is 295 g/mol. The summed E-state index contributed by atoms with van der Waals surface area (Å²) < 4.78 is 58.1. The van der Waals surface area contributed by atoms with Crippen LogP contribution in [0.25, 0.3) is 0 Å². The van der Waals surface area contributed by atoms with Crippen LogP contribution < -0.4 is 5.32 Å². The number of sulfone groups is 1. The van der Waals surface area contributed by atoms with Gasteiger partial charge >= 0.3 is 6.18 Å². The van der Waals surface area contributed by atoms with Crippen LogP contribution in [0.15, 0.2) is 29.2 Å². The van der Waals surface area contributed by atoms with Crippen molar-refractivity contribution in [3.63, 3.8) is 0 Å². The summed E-state index contributed by atoms with van der Waals surface area (Å²) in [4.78, 5) is 0.218. The van der Waals surface area contributed by atoms with Crippen molar-refractivity contribution >= 4 is 15.5 Å². The van der Waals surface area contributed by atoms with Gasteiger partial charge in [0.2, 0.25) is 0 Å². The van der Waals surface area contributed by atoms with Crippen LogP contribution in [0.3, 0.4) is 0 Å². The van der Waals surface area contributed by atoms with E-state index < -0.39 is 22.4 Å². The smallest absolute Gasteiger partial charge is 0.385 e. The fourth-order valence-electron chi connectivity index (χ4n) is 1.50. The molecule has 0 unspecified atom stereocenters. The molecule has 0 aliphatic heterocycles. The molecule has 1 N–H and O–H groups in total. The van der Waals surface area contributed by atoms with E-state index in [9.17, 15) is 21.6 Å². The third-order valence-corrected chi connectivity index (χ3v) is 3.63. The molecule has 0 atom stereocenters. The van der Waals surface area contributed by atoms with Crippen LogP contribution in [0.1, 0.15) is 19.3 Å². The molecule has 0 aromatic heterocycles. The first kappa shape index (κ1) is 15.8. The highest BCUT2D eigenvalue weighted by Gasteiger charge is 2.25. The second-order valence-electron chi connectivity index (χ2n) is 4.30. The summed E-state index contributed by atoms with van der Waals surface area (Å²) in [5.41, 5.74) is 0.694. The van der Waals surface area contributed by atoms with Crippen molar-refractivity contribution in [1.29, 1.82) is 0 Å².